The molecule has 9 heteroatoms. The van der Waals surface area contributed by atoms with E-state index >= 15 is 0 Å². The molecular weight excluding hydrogens is 471 g/mol. The number of hydrogen-bond donors (Lipinski definition) is 0. The van der Waals surface area contributed by atoms with Gasteiger partial charge in [0.05, 0.1) is 11.3 Å². The summed E-state index contributed by atoms with van der Waals surface area (Å²) in [5, 5.41) is 0. The topological polar surface area (TPSA) is 97.4 Å². The fourth-order valence-electron chi connectivity index (χ4n) is 3.12. The maximum Gasteiger partial charge on any atom is 0.728 e. The fourth-order valence-corrected chi connectivity index (χ4v) is 3.62. The molecule has 0 amide bonds. The van der Waals surface area contributed by atoms with Gasteiger partial charge in [-0.15, -0.1) is 17.7 Å². The van der Waals surface area contributed by atoms with Gasteiger partial charge in [-0.1, -0.05) is 57.6 Å². The minimum atomic E-state index is -2.53. The Kier molecular flexibility index (Phi) is 24.3. The molecule has 0 heterocycles. The lowest BCUT2D eigenvalue weighted by Gasteiger charge is -2.15. The van der Waals surface area contributed by atoms with Gasteiger partial charge < -0.3 is 9.47 Å². The van der Waals surface area contributed by atoms with Gasteiger partial charge in [0.1, 0.15) is 13.2 Å². The lowest BCUT2D eigenvalue weighted by Crippen LogP contribution is -2.29. The van der Waals surface area contributed by atoms with Crippen LogP contribution in [0.25, 0.3) is 0 Å². The Morgan fingerprint density at radius 1 is 0.800 bits per heavy atom. The summed E-state index contributed by atoms with van der Waals surface area (Å²) in [6, 6.07) is 0. The monoisotopic (exact) mass is 517 g/mol. The van der Waals surface area contributed by atoms with E-state index in [-0.39, 0.29) is 32.2 Å². The first kappa shape index (κ1) is 33.4. The molecule has 0 saturated carbocycles. The Labute approximate surface area is 212 Å². The highest BCUT2D eigenvalue weighted by Crippen LogP contribution is 2.24. The van der Waals surface area contributed by atoms with E-state index in [1.807, 2.05) is 19.1 Å². The first-order valence-electron chi connectivity index (χ1n) is 13.0. The summed E-state index contributed by atoms with van der Waals surface area (Å²) < 4.78 is 32.1. The molecule has 0 radical (unpaired) electrons. The standard InChI is InChI=1S/C26H46O8P/c1-4-7-9-11-13-15-17-19-25(27)30-22-24(23-32-35(29)34-31-21-6-3)33-26(28)20-18-16-14-12-10-8-5-2/h4-5,24H,1-2,6-23H2,3H3/q+1. The van der Waals surface area contributed by atoms with Gasteiger partial charge in [0.2, 0.25) is 0 Å². The van der Waals surface area contributed by atoms with E-state index in [2.05, 4.69) is 17.8 Å². The minimum absolute atomic E-state index is 0.162. The van der Waals surface area contributed by atoms with E-state index in [0.717, 1.165) is 77.0 Å². The lowest BCUT2D eigenvalue weighted by molar-refractivity contribution is -0.210. The van der Waals surface area contributed by atoms with Crippen molar-refractivity contribution in [2.75, 3.05) is 19.8 Å². The van der Waals surface area contributed by atoms with E-state index in [4.69, 9.17) is 18.9 Å². The molecule has 0 spiro atoms. The largest absolute Gasteiger partial charge is 0.728 e. The zero-order valence-corrected chi connectivity index (χ0v) is 22.5. The van der Waals surface area contributed by atoms with Gasteiger partial charge in [-0.05, 0) is 44.9 Å². The molecule has 0 rings (SSSR count). The SMILES string of the molecule is C=CCCCCCCCC(=O)OCC(CO[P+](=O)OOCCC)OC(=O)CCCCCCCC=C. The molecule has 202 valence electrons. The Hall–Kier alpha value is -1.60. The highest BCUT2D eigenvalue weighted by molar-refractivity contribution is 7.33. The maximum atomic E-state index is 12.2. The number of allylic oxidation sites excluding steroid dienone is 2. The zero-order chi connectivity index (χ0) is 26.0. The summed E-state index contributed by atoms with van der Waals surface area (Å²) in [5.74, 6) is -0.762. The van der Waals surface area contributed by atoms with Gasteiger partial charge in [-0.3, -0.25) is 9.59 Å². The Balaban J connectivity index is 4.33. The second-order valence-corrected chi connectivity index (χ2v) is 9.26. The van der Waals surface area contributed by atoms with Gasteiger partial charge in [0, 0.05) is 17.4 Å². The summed E-state index contributed by atoms with van der Waals surface area (Å²) in [6.07, 6.45) is 16.2. The first-order valence-corrected chi connectivity index (χ1v) is 14.1. The molecule has 8 nitrogen and oxygen atoms in total. The van der Waals surface area contributed by atoms with Gasteiger partial charge in [-0.2, -0.15) is 4.89 Å². The van der Waals surface area contributed by atoms with Gasteiger partial charge in [-0.25, -0.2) is 0 Å². The van der Waals surface area contributed by atoms with Gasteiger partial charge >= 0.3 is 20.2 Å². The van der Waals surface area contributed by atoms with E-state index < -0.39 is 20.3 Å². The van der Waals surface area contributed by atoms with Crippen molar-refractivity contribution in [3.05, 3.63) is 25.3 Å². The van der Waals surface area contributed by atoms with Gasteiger partial charge in [0.25, 0.3) is 0 Å². The third-order valence-corrected chi connectivity index (χ3v) is 5.66. The Morgan fingerprint density at radius 3 is 1.91 bits per heavy atom. The summed E-state index contributed by atoms with van der Waals surface area (Å²) >= 11 is 0. The molecule has 0 aromatic rings. The summed E-state index contributed by atoms with van der Waals surface area (Å²) in [4.78, 5) is 29.0. The van der Waals surface area contributed by atoms with Crippen molar-refractivity contribution in [3.8, 4) is 0 Å². The third kappa shape index (κ3) is 23.9. The van der Waals surface area contributed by atoms with Crippen molar-refractivity contribution in [1.29, 1.82) is 0 Å². The summed E-state index contributed by atoms with van der Waals surface area (Å²) in [5.41, 5.74) is 0. The molecule has 0 aliphatic rings. The van der Waals surface area contributed by atoms with Crippen LogP contribution in [-0.2, 0) is 37.7 Å². The number of ether oxygens (including phenoxy) is 2. The van der Waals surface area contributed by atoms with Crippen LogP contribution >= 0.6 is 8.25 Å². The number of carbonyl (C=O) groups excluding carboxylic acids is 2. The highest BCUT2D eigenvalue weighted by Gasteiger charge is 2.27. The predicted octanol–water partition coefficient (Wildman–Crippen LogP) is 7.31. The summed E-state index contributed by atoms with van der Waals surface area (Å²) in [7, 11) is -2.53. The molecule has 0 saturated heterocycles. The number of rotatable bonds is 26. The smallest absolute Gasteiger partial charge is 0.462 e. The van der Waals surface area contributed by atoms with Crippen molar-refractivity contribution in [2.45, 2.75) is 109 Å². The van der Waals surface area contributed by atoms with Crippen LogP contribution in [0, 0.1) is 0 Å². The molecule has 0 N–H and O–H groups in total. The van der Waals surface area contributed by atoms with Crippen molar-refractivity contribution < 1.29 is 37.7 Å². The van der Waals surface area contributed by atoms with E-state index in [9.17, 15) is 14.2 Å². The maximum absolute atomic E-state index is 12.2. The fraction of sp³-hybridized carbons (Fsp3) is 0.769. The highest BCUT2D eigenvalue weighted by atomic mass is 31.1. The third-order valence-electron chi connectivity index (χ3n) is 5.07. The Bertz CT molecular complexity index is 582. The molecular formula is C26H46O8P+. The van der Waals surface area contributed by atoms with Crippen LogP contribution in [0.15, 0.2) is 25.3 Å². The number of carbonyl (C=O) groups is 2. The average Bonchev–Trinajstić information content (AvgIpc) is 2.84. The quantitative estimate of drug-likeness (QED) is 0.0294. The lowest BCUT2D eigenvalue weighted by atomic mass is 10.1. The molecule has 2 atom stereocenters. The molecule has 0 aliphatic heterocycles. The van der Waals surface area contributed by atoms with Crippen LogP contribution in [0.1, 0.15) is 103 Å². The molecule has 2 unspecified atom stereocenters. The normalized spacial score (nSPS) is 12.1. The first-order chi connectivity index (χ1) is 17.0. The number of esters is 2. The van der Waals surface area contributed by atoms with E-state index in [0.29, 0.717) is 12.8 Å². The van der Waals surface area contributed by atoms with Crippen LogP contribution < -0.4 is 0 Å². The second-order valence-electron chi connectivity index (χ2n) is 8.40. The number of hydrogen-bond acceptors (Lipinski definition) is 8. The van der Waals surface area contributed by atoms with E-state index in [1.165, 1.54) is 0 Å². The zero-order valence-electron chi connectivity index (χ0n) is 21.6. The van der Waals surface area contributed by atoms with E-state index in [1.54, 1.807) is 0 Å². The molecule has 0 fully saturated rings. The van der Waals surface area contributed by atoms with Crippen molar-refractivity contribution in [2.24, 2.45) is 0 Å². The van der Waals surface area contributed by atoms with Crippen molar-refractivity contribution in [3.63, 3.8) is 0 Å². The molecule has 0 aromatic carbocycles. The number of unbranched alkanes of at least 4 members (excludes halogenated alkanes) is 10. The predicted molar refractivity (Wildman–Crippen MR) is 137 cm³/mol. The Morgan fingerprint density at radius 2 is 1.34 bits per heavy atom. The van der Waals surface area contributed by atoms with Crippen LogP contribution in [0.3, 0.4) is 0 Å². The van der Waals surface area contributed by atoms with Crippen LogP contribution in [0.2, 0.25) is 0 Å². The molecule has 0 bridgehead atoms. The van der Waals surface area contributed by atoms with Gasteiger partial charge in [0.15, 0.2) is 6.10 Å². The van der Waals surface area contributed by atoms with Crippen LogP contribution in [-0.4, -0.2) is 37.9 Å². The van der Waals surface area contributed by atoms with Crippen molar-refractivity contribution in [1.82, 2.24) is 0 Å². The molecule has 35 heavy (non-hydrogen) atoms. The average molecular weight is 518 g/mol. The molecule has 0 aliphatic carbocycles. The van der Waals surface area contributed by atoms with Crippen molar-refractivity contribution >= 4 is 20.2 Å². The van der Waals surface area contributed by atoms with Crippen LogP contribution in [0.5, 0.6) is 0 Å². The summed E-state index contributed by atoms with van der Waals surface area (Å²) in [6.45, 7) is 9.19. The van der Waals surface area contributed by atoms with Crippen LogP contribution in [0.4, 0.5) is 0 Å². The molecule has 0 aromatic heterocycles. The minimum Gasteiger partial charge on any atom is -0.462 e. The second kappa shape index (κ2) is 25.5.